The van der Waals surface area contributed by atoms with Crippen molar-refractivity contribution in [3.05, 3.63) is 85.2 Å². The summed E-state index contributed by atoms with van der Waals surface area (Å²) in [6, 6.07) is 11.5. The fourth-order valence-electron chi connectivity index (χ4n) is 2.99. The molecule has 0 saturated carbocycles. The van der Waals surface area contributed by atoms with E-state index in [4.69, 9.17) is 0 Å². The second-order valence-corrected chi connectivity index (χ2v) is 6.38. The van der Waals surface area contributed by atoms with Crippen molar-refractivity contribution < 1.29 is 9.72 Å². The maximum atomic E-state index is 12.3. The molecule has 0 aliphatic carbocycles. The topological polar surface area (TPSA) is 105 Å². The van der Waals surface area contributed by atoms with Crippen molar-refractivity contribution in [2.24, 2.45) is 0 Å². The molecule has 0 radical (unpaired) electrons. The minimum Gasteiger partial charge on any atom is -0.351 e. The number of rotatable bonds is 5. The summed E-state index contributed by atoms with van der Waals surface area (Å²) >= 11 is 0. The van der Waals surface area contributed by atoms with Gasteiger partial charge in [0.15, 0.2) is 0 Å². The van der Waals surface area contributed by atoms with Gasteiger partial charge in [-0.25, -0.2) is 0 Å². The number of H-pyrrole nitrogens is 1. The highest BCUT2D eigenvalue weighted by Gasteiger charge is 2.18. The molecule has 0 spiro atoms. The van der Waals surface area contributed by atoms with Crippen molar-refractivity contribution in [1.82, 2.24) is 10.3 Å². The fourth-order valence-corrected chi connectivity index (χ4v) is 2.99. The summed E-state index contributed by atoms with van der Waals surface area (Å²) in [5.41, 5.74) is 3.05. The van der Waals surface area contributed by atoms with Gasteiger partial charge in [-0.05, 0) is 48.9 Å². The Balaban J connectivity index is 1.75. The smallest absolute Gasteiger partial charge is 0.282 e. The molecular formula is C20H19N3O4. The lowest BCUT2D eigenvalue weighted by atomic mass is 10.0. The van der Waals surface area contributed by atoms with Crippen molar-refractivity contribution in [3.8, 4) is 0 Å². The zero-order valence-corrected chi connectivity index (χ0v) is 15.0. The number of benzene rings is 2. The van der Waals surface area contributed by atoms with E-state index in [-0.39, 0.29) is 23.4 Å². The molecule has 7 heteroatoms. The van der Waals surface area contributed by atoms with Gasteiger partial charge in [-0.2, -0.15) is 0 Å². The summed E-state index contributed by atoms with van der Waals surface area (Å²) in [5.74, 6) is -0.536. The van der Waals surface area contributed by atoms with E-state index in [1.807, 2.05) is 32.0 Å². The number of nitrogens with one attached hydrogen (secondary N) is 2. The van der Waals surface area contributed by atoms with E-state index in [2.05, 4.69) is 10.3 Å². The van der Waals surface area contributed by atoms with Crippen LogP contribution >= 0.6 is 0 Å². The first kappa shape index (κ1) is 18.3. The van der Waals surface area contributed by atoms with Crippen molar-refractivity contribution in [2.75, 3.05) is 6.54 Å². The minimum atomic E-state index is -0.590. The first-order valence-corrected chi connectivity index (χ1v) is 8.52. The number of aromatic amines is 1. The molecular weight excluding hydrogens is 346 g/mol. The lowest BCUT2D eigenvalue weighted by Gasteiger charge is -2.09. The molecule has 27 heavy (non-hydrogen) atoms. The predicted molar refractivity (Wildman–Crippen MR) is 103 cm³/mol. The van der Waals surface area contributed by atoms with E-state index in [0.717, 1.165) is 22.0 Å². The number of carbonyl (C=O) groups is 1. The zero-order chi connectivity index (χ0) is 19.6. The molecule has 0 aliphatic rings. The molecule has 0 atom stereocenters. The number of nitro benzene ring substituents is 1. The van der Waals surface area contributed by atoms with Crippen LogP contribution in [0.25, 0.3) is 10.9 Å². The number of para-hydroxylation sites is 1. The fraction of sp³-hybridized carbons (Fsp3) is 0.200. The van der Waals surface area contributed by atoms with E-state index < -0.39 is 10.8 Å². The molecule has 2 N–H and O–H groups in total. The molecule has 138 valence electrons. The van der Waals surface area contributed by atoms with E-state index in [1.54, 1.807) is 6.07 Å². The lowest BCUT2D eigenvalue weighted by Crippen LogP contribution is -2.28. The Morgan fingerprint density at radius 3 is 2.67 bits per heavy atom. The Morgan fingerprint density at radius 1 is 1.19 bits per heavy atom. The monoisotopic (exact) mass is 365 g/mol. The third kappa shape index (κ3) is 3.72. The Kier molecular flexibility index (Phi) is 5.03. The molecule has 1 aromatic heterocycles. The Bertz CT molecular complexity index is 1100. The number of aromatic nitrogens is 1. The highest BCUT2D eigenvalue weighted by atomic mass is 16.6. The SMILES string of the molecule is Cc1ccc2cc(CCNC(=O)c3ccccc3[N+](=O)[O-])c(=O)[nH]c2c1C. The van der Waals surface area contributed by atoms with Gasteiger partial charge in [-0.3, -0.25) is 19.7 Å². The highest BCUT2D eigenvalue weighted by Crippen LogP contribution is 2.19. The van der Waals surface area contributed by atoms with Gasteiger partial charge in [-0.15, -0.1) is 0 Å². The van der Waals surface area contributed by atoms with Gasteiger partial charge in [-0.1, -0.05) is 24.3 Å². The Morgan fingerprint density at radius 2 is 1.93 bits per heavy atom. The van der Waals surface area contributed by atoms with Gasteiger partial charge < -0.3 is 10.3 Å². The van der Waals surface area contributed by atoms with Crippen LogP contribution in [0.1, 0.15) is 27.0 Å². The summed E-state index contributed by atoms with van der Waals surface area (Å²) in [6.45, 7) is 4.14. The molecule has 0 saturated heterocycles. The van der Waals surface area contributed by atoms with Crippen molar-refractivity contribution in [2.45, 2.75) is 20.3 Å². The number of pyridine rings is 1. The molecule has 2 aromatic carbocycles. The van der Waals surface area contributed by atoms with Crippen LogP contribution in [-0.2, 0) is 6.42 Å². The maximum Gasteiger partial charge on any atom is 0.282 e. The molecule has 1 heterocycles. The first-order chi connectivity index (χ1) is 12.9. The normalized spacial score (nSPS) is 10.7. The summed E-state index contributed by atoms with van der Waals surface area (Å²) in [7, 11) is 0. The number of hydrogen-bond donors (Lipinski definition) is 2. The van der Waals surface area contributed by atoms with E-state index in [0.29, 0.717) is 12.0 Å². The van der Waals surface area contributed by atoms with Crippen molar-refractivity contribution in [1.29, 1.82) is 0 Å². The second kappa shape index (κ2) is 7.41. The number of carbonyl (C=O) groups excluding carboxylic acids is 1. The van der Waals surface area contributed by atoms with Crippen LogP contribution in [0.4, 0.5) is 5.69 Å². The van der Waals surface area contributed by atoms with E-state index >= 15 is 0 Å². The molecule has 1 amide bonds. The largest absolute Gasteiger partial charge is 0.351 e. The van der Waals surface area contributed by atoms with Crippen LogP contribution in [-0.4, -0.2) is 22.4 Å². The summed E-state index contributed by atoms with van der Waals surface area (Å²) < 4.78 is 0. The van der Waals surface area contributed by atoms with Crippen LogP contribution < -0.4 is 10.9 Å². The second-order valence-electron chi connectivity index (χ2n) is 6.38. The first-order valence-electron chi connectivity index (χ1n) is 8.52. The van der Waals surface area contributed by atoms with Gasteiger partial charge in [0.25, 0.3) is 17.2 Å². The quantitative estimate of drug-likeness (QED) is 0.535. The number of nitro groups is 1. The number of amides is 1. The number of nitrogens with zero attached hydrogens (tertiary/aromatic N) is 1. The van der Waals surface area contributed by atoms with Crippen LogP contribution in [0, 0.1) is 24.0 Å². The minimum absolute atomic E-state index is 0.000945. The van der Waals surface area contributed by atoms with Crippen molar-refractivity contribution >= 4 is 22.5 Å². The maximum absolute atomic E-state index is 12.3. The Hall–Kier alpha value is -3.48. The molecule has 3 aromatic rings. The molecule has 0 unspecified atom stereocenters. The summed E-state index contributed by atoms with van der Waals surface area (Å²) in [6.07, 6.45) is 0.324. The van der Waals surface area contributed by atoms with Gasteiger partial charge in [0.1, 0.15) is 5.56 Å². The number of aryl methyl sites for hydroxylation is 2. The molecule has 0 fully saturated rings. The van der Waals surface area contributed by atoms with Gasteiger partial charge >= 0.3 is 0 Å². The standard InChI is InChI=1S/C20H19N3O4/c1-12-7-8-14-11-15(19(24)22-18(14)13(12)2)9-10-21-20(25)16-5-3-4-6-17(16)23(26)27/h3-8,11H,9-10H2,1-2H3,(H,21,25)(H,22,24). The van der Waals surface area contributed by atoms with Crippen LogP contribution in [0.15, 0.2) is 47.3 Å². The van der Waals surface area contributed by atoms with Gasteiger partial charge in [0.2, 0.25) is 0 Å². The van der Waals surface area contributed by atoms with Gasteiger partial charge in [0.05, 0.1) is 10.4 Å². The molecule has 0 aliphatic heterocycles. The predicted octanol–water partition coefficient (Wildman–Crippen LogP) is 3.03. The average Bonchev–Trinajstić information content (AvgIpc) is 2.65. The number of hydrogen-bond acceptors (Lipinski definition) is 4. The van der Waals surface area contributed by atoms with Crippen LogP contribution in [0.5, 0.6) is 0 Å². The number of fused-ring (bicyclic) bond motifs is 1. The summed E-state index contributed by atoms with van der Waals surface area (Å²) in [4.78, 5) is 37.9. The highest BCUT2D eigenvalue weighted by molar-refractivity contribution is 5.98. The third-order valence-corrected chi connectivity index (χ3v) is 4.65. The molecule has 3 rings (SSSR count). The van der Waals surface area contributed by atoms with Crippen LogP contribution in [0.3, 0.4) is 0 Å². The zero-order valence-electron chi connectivity index (χ0n) is 15.0. The average molecular weight is 365 g/mol. The third-order valence-electron chi connectivity index (χ3n) is 4.65. The van der Waals surface area contributed by atoms with Crippen molar-refractivity contribution in [3.63, 3.8) is 0 Å². The van der Waals surface area contributed by atoms with E-state index in [9.17, 15) is 19.7 Å². The Labute approximate surface area is 155 Å². The van der Waals surface area contributed by atoms with E-state index in [1.165, 1.54) is 18.2 Å². The molecule has 0 bridgehead atoms. The lowest BCUT2D eigenvalue weighted by molar-refractivity contribution is -0.385. The van der Waals surface area contributed by atoms with Crippen LogP contribution in [0.2, 0.25) is 0 Å². The summed E-state index contributed by atoms with van der Waals surface area (Å²) in [5, 5.41) is 14.6. The molecule has 7 nitrogen and oxygen atoms in total. The van der Waals surface area contributed by atoms with Gasteiger partial charge in [0, 0.05) is 18.2 Å².